The second kappa shape index (κ2) is 9.82. The van der Waals surface area contributed by atoms with E-state index in [4.69, 9.17) is 14.2 Å². The van der Waals surface area contributed by atoms with Crippen molar-refractivity contribution in [2.75, 3.05) is 72.7 Å². The molecule has 0 spiro atoms. The molecule has 7 heteroatoms. The largest absolute Gasteiger partial charge is 0.384 e. The van der Waals surface area contributed by atoms with Gasteiger partial charge in [0.15, 0.2) is 0 Å². The fraction of sp³-hybridized carbons (Fsp3) is 0.957. The first kappa shape index (κ1) is 22.5. The van der Waals surface area contributed by atoms with E-state index < -0.39 is 0 Å². The van der Waals surface area contributed by atoms with Crippen LogP contribution in [0.15, 0.2) is 0 Å². The first-order valence-corrected chi connectivity index (χ1v) is 12.0. The van der Waals surface area contributed by atoms with E-state index in [9.17, 15) is 4.79 Å². The van der Waals surface area contributed by atoms with Crippen molar-refractivity contribution in [1.82, 2.24) is 14.7 Å². The van der Waals surface area contributed by atoms with Crippen molar-refractivity contribution < 1.29 is 19.0 Å². The van der Waals surface area contributed by atoms with Gasteiger partial charge in [0, 0.05) is 51.3 Å². The first-order valence-electron chi connectivity index (χ1n) is 12.0. The second-order valence-corrected chi connectivity index (χ2v) is 10.1. The summed E-state index contributed by atoms with van der Waals surface area (Å²) in [6, 6.07) is 0.688. The minimum atomic E-state index is 0.124. The minimum absolute atomic E-state index is 0.124. The highest BCUT2D eigenvalue weighted by Gasteiger charge is 2.48. The van der Waals surface area contributed by atoms with Gasteiger partial charge in [-0.3, -0.25) is 14.6 Å². The zero-order valence-electron chi connectivity index (χ0n) is 19.2. The minimum Gasteiger partial charge on any atom is -0.384 e. The number of nitrogens with zero attached hydrogens (tertiary/aromatic N) is 3. The molecule has 7 nitrogen and oxygen atoms in total. The van der Waals surface area contributed by atoms with Gasteiger partial charge in [-0.15, -0.1) is 0 Å². The lowest BCUT2D eigenvalue weighted by Gasteiger charge is -2.54. The van der Waals surface area contributed by atoms with Crippen LogP contribution in [0.4, 0.5) is 0 Å². The van der Waals surface area contributed by atoms with Crippen LogP contribution in [0.2, 0.25) is 0 Å². The van der Waals surface area contributed by atoms with Gasteiger partial charge < -0.3 is 19.1 Å². The lowest BCUT2D eigenvalue weighted by Crippen LogP contribution is -2.58. The molecular formula is C23H41N3O4. The maximum absolute atomic E-state index is 13.0. The molecule has 3 heterocycles. The van der Waals surface area contributed by atoms with Crippen molar-refractivity contribution in [2.45, 2.75) is 57.8 Å². The van der Waals surface area contributed by atoms with Crippen molar-refractivity contribution in [2.24, 2.45) is 11.3 Å². The van der Waals surface area contributed by atoms with E-state index in [0.29, 0.717) is 31.6 Å². The molecule has 30 heavy (non-hydrogen) atoms. The molecule has 0 aromatic carbocycles. The van der Waals surface area contributed by atoms with E-state index in [-0.39, 0.29) is 23.5 Å². The molecule has 1 amide bonds. The van der Waals surface area contributed by atoms with Crippen LogP contribution in [0.3, 0.4) is 0 Å². The quantitative estimate of drug-likeness (QED) is 0.667. The Morgan fingerprint density at radius 1 is 1.10 bits per heavy atom. The maximum Gasteiger partial charge on any atom is 0.236 e. The number of likely N-dealkylation sites (tertiary alicyclic amines) is 1. The Balaban J connectivity index is 1.36. The van der Waals surface area contributed by atoms with Crippen LogP contribution in [0.1, 0.15) is 39.5 Å². The van der Waals surface area contributed by atoms with Crippen LogP contribution in [-0.4, -0.2) is 112 Å². The fourth-order valence-corrected chi connectivity index (χ4v) is 6.45. The van der Waals surface area contributed by atoms with E-state index in [0.717, 1.165) is 46.0 Å². The molecule has 0 bridgehead atoms. The third-order valence-corrected chi connectivity index (χ3v) is 7.86. The summed E-state index contributed by atoms with van der Waals surface area (Å²) in [5.74, 6) is 0.943. The molecule has 3 saturated heterocycles. The molecular weight excluding hydrogens is 382 g/mol. The number of hydrogen-bond acceptors (Lipinski definition) is 6. The molecule has 172 valence electrons. The van der Waals surface area contributed by atoms with E-state index >= 15 is 0 Å². The van der Waals surface area contributed by atoms with Gasteiger partial charge in [-0.05, 0) is 52.0 Å². The van der Waals surface area contributed by atoms with Crippen molar-refractivity contribution in [3.05, 3.63) is 0 Å². The van der Waals surface area contributed by atoms with Crippen molar-refractivity contribution in [3.63, 3.8) is 0 Å². The average molecular weight is 424 g/mol. The van der Waals surface area contributed by atoms with Crippen LogP contribution in [0.5, 0.6) is 0 Å². The van der Waals surface area contributed by atoms with E-state index in [1.54, 1.807) is 0 Å². The summed E-state index contributed by atoms with van der Waals surface area (Å²) in [7, 11) is 1.83. The summed E-state index contributed by atoms with van der Waals surface area (Å²) in [4.78, 5) is 20.1. The van der Waals surface area contributed by atoms with E-state index in [1.165, 1.54) is 25.7 Å². The molecule has 1 saturated carbocycles. The third kappa shape index (κ3) is 5.01. The molecule has 4 unspecified atom stereocenters. The van der Waals surface area contributed by atoms with Crippen LogP contribution in [0, 0.1) is 11.3 Å². The number of fused-ring (bicyclic) bond motifs is 1. The molecule has 4 fully saturated rings. The highest BCUT2D eigenvalue weighted by atomic mass is 16.5. The van der Waals surface area contributed by atoms with Gasteiger partial charge in [0.2, 0.25) is 5.91 Å². The Morgan fingerprint density at radius 2 is 1.83 bits per heavy atom. The molecule has 0 aromatic heterocycles. The molecule has 0 N–H and O–H groups in total. The first-order chi connectivity index (χ1) is 14.5. The van der Waals surface area contributed by atoms with Crippen LogP contribution >= 0.6 is 0 Å². The third-order valence-electron chi connectivity index (χ3n) is 7.86. The van der Waals surface area contributed by atoms with Crippen molar-refractivity contribution in [3.8, 4) is 0 Å². The van der Waals surface area contributed by atoms with Crippen molar-refractivity contribution >= 4 is 5.91 Å². The van der Waals surface area contributed by atoms with Crippen molar-refractivity contribution in [1.29, 1.82) is 0 Å². The van der Waals surface area contributed by atoms with Gasteiger partial charge in [-0.1, -0.05) is 0 Å². The molecule has 0 aromatic rings. The summed E-state index contributed by atoms with van der Waals surface area (Å²) < 4.78 is 17.1. The number of carbonyl (C=O) groups excluding carboxylic acids is 1. The maximum atomic E-state index is 13.0. The van der Waals surface area contributed by atoms with Gasteiger partial charge in [0.05, 0.1) is 38.6 Å². The molecule has 5 atom stereocenters. The topological polar surface area (TPSA) is 54.5 Å². The van der Waals surface area contributed by atoms with Crippen LogP contribution in [0.25, 0.3) is 0 Å². The normalized spacial score (nSPS) is 39.0. The standard InChI is InChI=1S/C23H41N3O4/c1-18-13-26(14-19(2)30-18)22(27)15-24-7-5-20-12-21(25-8-10-29-11-9-25)4-6-23(20,16-24)17-28-3/h18-21H,4-17H2,1-3H3/t18?,19?,20?,21?,23-/m0/s1. The zero-order chi connectivity index (χ0) is 21.1. The number of carbonyl (C=O) groups is 1. The number of ether oxygens (including phenoxy) is 3. The molecule has 4 rings (SSSR count). The van der Waals surface area contributed by atoms with Crippen LogP contribution < -0.4 is 0 Å². The Hall–Kier alpha value is -0.730. The predicted octanol–water partition coefficient (Wildman–Crippen LogP) is 1.46. The highest BCUT2D eigenvalue weighted by molar-refractivity contribution is 5.78. The van der Waals surface area contributed by atoms with Gasteiger partial charge in [-0.25, -0.2) is 0 Å². The number of morpholine rings is 2. The summed E-state index contributed by atoms with van der Waals surface area (Å²) in [5, 5.41) is 0. The number of amides is 1. The number of hydrogen-bond donors (Lipinski definition) is 0. The van der Waals surface area contributed by atoms with Gasteiger partial charge >= 0.3 is 0 Å². The average Bonchev–Trinajstić information content (AvgIpc) is 2.73. The summed E-state index contributed by atoms with van der Waals surface area (Å²) in [6.07, 6.45) is 5.12. The lowest BCUT2D eigenvalue weighted by molar-refractivity contribution is -0.147. The van der Waals surface area contributed by atoms with E-state index in [1.807, 2.05) is 12.0 Å². The van der Waals surface area contributed by atoms with Gasteiger partial charge in [0.1, 0.15) is 0 Å². The van der Waals surface area contributed by atoms with Gasteiger partial charge in [-0.2, -0.15) is 0 Å². The Kier molecular flexibility index (Phi) is 7.35. The lowest BCUT2D eigenvalue weighted by atomic mass is 9.62. The Morgan fingerprint density at radius 3 is 2.53 bits per heavy atom. The SMILES string of the molecule is COC[C@@]12CCC(N3CCOCC3)CC1CCN(CC(=O)N1CC(C)OC(C)C1)C2. The Bertz CT molecular complexity index is 575. The highest BCUT2D eigenvalue weighted by Crippen LogP contribution is 2.47. The number of piperidine rings is 1. The van der Waals surface area contributed by atoms with Crippen LogP contribution in [-0.2, 0) is 19.0 Å². The second-order valence-electron chi connectivity index (χ2n) is 10.1. The summed E-state index contributed by atoms with van der Waals surface area (Å²) in [5.41, 5.74) is 0.196. The smallest absolute Gasteiger partial charge is 0.236 e. The molecule has 4 aliphatic rings. The summed E-state index contributed by atoms with van der Waals surface area (Å²) >= 11 is 0. The summed E-state index contributed by atoms with van der Waals surface area (Å²) in [6.45, 7) is 12.8. The molecule has 0 radical (unpaired) electrons. The fourth-order valence-electron chi connectivity index (χ4n) is 6.45. The predicted molar refractivity (Wildman–Crippen MR) is 115 cm³/mol. The van der Waals surface area contributed by atoms with E-state index in [2.05, 4.69) is 23.6 Å². The Labute approximate surface area is 182 Å². The van der Waals surface area contributed by atoms with Gasteiger partial charge in [0.25, 0.3) is 0 Å². The zero-order valence-corrected chi connectivity index (χ0v) is 19.2. The number of methoxy groups -OCH3 is 1. The molecule has 1 aliphatic carbocycles. The molecule has 3 aliphatic heterocycles. The monoisotopic (exact) mass is 423 g/mol. The number of rotatable bonds is 5.